The van der Waals surface area contributed by atoms with Crippen LogP contribution in [0.1, 0.15) is 52.1 Å². The van der Waals surface area contributed by atoms with Crippen LogP contribution < -0.4 is 5.32 Å². The van der Waals surface area contributed by atoms with E-state index in [9.17, 15) is 9.59 Å². The highest BCUT2D eigenvalue weighted by atomic mass is 35.5. The second kappa shape index (κ2) is 8.32. The molecule has 1 aromatic carbocycles. The van der Waals surface area contributed by atoms with Crippen molar-refractivity contribution in [3.63, 3.8) is 0 Å². The second-order valence-electron chi connectivity index (χ2n) is 6.55. The summed E-state index contributed by atoms with van der Waals surface area (Å²) in [5.74, 6) is -0.405. The zero-order chi connectivity index (χ0) is 18.5. The van der Waals surface area contributed by atoms with E-state index in [2.05, 4.69) is 10.3 Å². The number of amides is 2. The Bertz CT molecular complexity index is 814. The highest BCUT2D eigenvalue weighted by Crippen LogP contribution is 2.20. The number of benzene rings is 1. The Morgan fingerprint density at radius 2 is 1.81 bits per heavy atom. The monoisotopic (exact) mass is 371 g/mol. The number of rotatable bonds is 3. The van der Waals surface area contributed by atoms with E-state index in [0.717, 1.165) is 44.3 Å². The van der Waals surface area contributed by atoms with E-state index >= 15 is 0 Å². The number of hydrogen-bond acceptors (Lipinski definition) is 3. The van der Waals surface area contributed by atoms with Crippen molar-refractivity contribution >= 4 is 29.1 Å². The van der Waals surface area contributed by atoms with Crippen LogP contribution >= 0.6 is 11.6 Å². The SMILES string of the molecule is Cc1ccc(NC(=O)c2cc(C(=O)N3CCCCCC3)ccn2)cc1Cl. The number of likely N-dealkylation sites (tertiary alicyclic amines) is 1. The van der Waals surface area contributed by atoms with Gasteiger partial charge in [-0.2, -0.15) is 0 Å². The minimum Gasteiger partial charge on any atom is -0.339 e. The summed E-state index contributed by atoms with van der Waals surface area (Å²) in [6.07, 6.45) is 5.87. The van der Waals surface area contributed by atoms with Crippen molar-refractivity contribution in [3.8, 4) is 0 Å². The van der Waals surface area contributed by atoms with E-state index < -0.39 is 0 Å². The van der Waals surface area contributed by atoms with Gasteiger partial charge in [0.25, 0.3) is 11.8 Å². The molecule has 6 heteroatoms. The molecule has 0 saturated carbocycles. The molecule has 0 atom stereocenters. The molecule has 26 heavy (non-hydrogen) atoms. The van der Waals surface area contributed by atoms with Gasteiger partial charge in [-0.05, 0) is 49.6 Å². The van der Waals surface area contributed by atoms with Crippen LogP contribution in [0, 0.1) is 6.92 Å². The lowest BCUT2D eigenvalue weighted by Gasteiger charge is -2.20. The van der Waals surface area contributed by atoms with Gasteiger partial charge in [-0.1, -0.05) is 30.5 Å². The quantitative estimate of drug-likeness (QED) is 0.874. The third-order valence-electron chi connectivity index (χ3n) is 4.56. The first-order valence-electron chi connectivity index (χ1n) is 8.87. The Hall–Kier alpha value is -2.40. The standard InChI is InChI=1S/C20H22ClN3O2/c1-14-6-7-16(13-17(14)21)23-19(25)18-12-15(8-9-22-18)20(26)24-10-4-2-3-5-11-24/h6-9,12-13H,2-5,10-11H2,1H3,(H,23,25). The Morgan fingerprint density at radius 1 is 1.08 bits per heavy atom. The predicted molar refractivity (Wildman–Crippen MR) is 103 cm³/mol. The topological polar surface area (TPSA) is 62.3 Å². The summed E-state index contributed by atoms with van der Waals surface area (Å²) >= 11 is 6.09. The molecule has 2 amide bonds. The van der Waals surface area contributed by atoms with Gasteiger partial charge in [0.1, 0.15) is 5.69 Å². The first-order chi connectivity index (χ1) is 12.5. The van der Waals surface area contributed by atoms with Gasteiger partial charge < -0.3 is 10.2 Å². The average molecular weight is 372 g/mol. The number of nitrogens with zero attached hydrogens (tertiary/aromatic N) is 2. The maximum Gasteiger partial charge on any atom is 0.274 e. The molecule has 3 rings (SSSR count). The van der Waals surface area contributed by atoms with E-state index in [1.807, 2.05) is 17.9 Å². The molecule has 0 spiro atoms. The van der Waals surface area contributed by atoms with Crippen LogP contribution in [0.4, 0.5) is 5.69 Å². The molecule has 0 unspecified atom stereocenters. The van der Waals surface area contributed by atoms with Crippen LogP contribution in [0.25, 0.3) is 0 Å². The highest BCUT2D eigenvalue weighted by Gasteiger charge is 2.19. The van der Waals surface area contributed by atoms with Gasteiger partial charge in [0.15, 0.2) is 0 Å². The predicted octanol–water partition coefficient (Wildman–Crippen LogP) is 4.31. The van der Waals surface area contributed by atoms with Gasteiger partial charge in [-0.25, -0.2) is 0 Å². The van der Waals surface area contributed by atoms with Gasteiger partial charge >= 0.3 is 0 Å². The van der Waals surface area contributed by atoms with E-state index in [4.69, 9.17) is 11.6 Å². The number of anilines is 1. The van der Waals surface area contributed by atoms with Crippen LogP contribution in [0.2, 0.25) is 5.02 Å². The van der Waals surface area contributed by atoms with Crippen molar-refractivity contribution < 1.29 is 9.59 Å². The average Bonchev–Trinajstić information content (AvgIpc) is 2.93. The lowest BCUT2D eigenvalue weighted by molar-refractivity contribution is 0.0761. The van der Waals surface area contributed by atoms with Crippen molar-refractivity contribution in [2.24, 2.45) is 0 Å². The highest BCUT2D eigenvalue weighted by molar-refractivity contribution is 6.31. The summed E-state index contributed by atoms with van der Waals surface area (Å²) in [6, 6.07) is 8.53. The van der Waals surface area contributed by atoms with Gasteiger partial charge in [0.05, 0.1) is 0 Å². The number of aryl methyl sites for hydroxylation is 1. The van der Waals surface area contributed by atoms with Crippen LogP contribution in [-0.2, 0) is 0 Å². The van der Waals surface area contributed by atoms with Crippen LogP contribution in [0.5, 0.6) is 0 Å². The summed E-state index contributed by atoms with van der Waals surface area (Å²) in [5.41, 5.74) is 2.24. The number of carbonyl (C=O) groups is 2. The van der Waals surface area contributed by atoms with E-state index in [1.54, 1.807) is 24.3 Å². The molecule has 1 fully saturated rings. The number of carbonyl (C=O) groups excluding carboxylic acids is 2. The molecule has 0 aliphatic carbocycles. The summed E-state index contributed by atoms with van der Waals surface area (Å²) in [5, 5.41) is 3.36. The first kappa shape index (κ1) is 18.4. The Labute approximate surface area is 158 Å². The van der Waals surface area contributed by atoms with Crippen molar-refractivity contribution in [3.05, 3.63) is 58.4 Å². The normalized spacial score (nSPS) is 14.6. The molecule has 1 aromatic heterocycles. The maximum absolute atomic E-state index is 12.7. The lowest BCUT2D eigenvalue weighted by Crippen LogP contribution is -2.32. The zero-order valence-corrected chi connectivity index (χ0v) is 15.6. The molecule has 136 valence electrons. The molecule has 1 saturated heterocycles. The zero-order valence-electron chi connectivity index (χ0n) is 14.8. The number of halogens is 1. The van der Waals surface area contributed by atoms with Gasteiger partial charge in [-0.15, -0.1) is 0 Å². The second-order valence-corrected chi connectivity index (χ2v) is 6.96. The third-order valence-corrected chi connectivity index (χ3v) is 4.97. The van der Waals surface area contributed by atoms with Gasteiger partial charge in [0.2, 0.25) is 0 Å². The largest absolute Gasteiger partial charge is 0.339 e. The van der Waals surface area contributed by atoms with E-state index in [1.165, 1.54) is 6.20 Å². The number of hydrogen-bond donors (Lipinski definition) is 1. The number of nitrogens with one attached hydrogen (secondary N) is 1. The van der Waals surface area contributed by atoms with Gasteiger partial charge in [0, 0.05) is 35.6 Å². The van der Waals surface area contributed by atoms with E-state index in [-0.39, 0.29) is 17.5 Å². The number of aromatic nitrogens is 1. The smallest absolute Gasteiger partial charge is 0.274 e. The molecule has 1 aliphatic rings. The Morgan fingerprint density at radius 3 is 2.50 bits per heavy atom. The van der Waals surface area contributed by atoms with E-state index in [0.29, 0.717) is 16.3 Å². The molecule has 1 N–H and O–H groups in total. The summed E-state index contributed by atoms with van der Waals surface area (Å²) in [7, 11) is 0. The Balaban J connectivity index is 1.74. The molecule has 0 bridgehead atoms. The Kier molecular flexibility index (Phi) is 5.89. The van der Waals surface area contributed by atoms with Crippen molar-refractivity contribution in [2.75, 3.05) is 18.4 Å². The fraction of sp³-hybridized carbons (Fsp3) is 0.350. The third kappa shape index (κ3) is 4.41. The van der Waals surface area contributed by atoms with Crippen molar-refractivity contribution in [1.29, 1.82) is 0 Å². The van der Waals surface area contributed by atoms with Crippen molar-refractivity contribution in [2.45, 2.75) is 32.6 Å². The van der Waals surface area contributed by atoms with Gasteiger partial charge in [-0.3, -0.25) is 14.6 Å². The van der Waals surface area contributed by atoms with Crippen LogP contribution in [-0.4, -0.2) is 34.8 Å². The number of pyridine rings is 1. The molecule has 2 aromatic rings. The molecule has 2 heterocycles. The fourth-order valence-corrected chi connectivity index (χ4v) is 3.19. The molecule has 5 nitrogen and oxygen atoms in total. The summed E-state index contributed by atoms with van der Waals surface area (Å²) in [6.45, 7) is 3.43. The molecule has 0 radical (unpaired) electrons. The van der Waals surface area contributed by atoms with Crippen molar-refractivity contribution in [1.82, 2.24) is 9.88 Å². The van der Waals surface area contributed by atoms with Crippen LogP contribution in [0.15, 0.2) is 36.5 Å². The fourth-order valence-electron chi connectivity index (χ4n) is 3.01. The maximum atomic E-state index is 12.7. The minimum absolute atomic E-state index is 0.0401. The summed E-state index contributed by atoms with van der Waals surface area (Å²) < 4.78 is 0. The molecular weight excluding hydrogens is 350 g/mol. The molecular formula is C20H22ClN3O2. The van der Waals surface area contributed by atoms with Crippen LogP contribution in [0.3, 0.4) is 0 Å². The summed E-state index contributed by atoms with van der Waals surface area (Å²) in [4.78, 5) is 31.2. The lowest BCUT2D eigenvalue weighted by atomic mass is 10.1. The molecule has 1 aliphatic heterocycles. The minimum atomic E-state index is -0.365. The first-order valence-corrected chi connectivity index (χ1v) is 9.25.